The summed E-state index contributed by atoms with van der Waals surface area (Å²) < 4.78 is 1.98. The maximum atomic E-state index is 6.20. The van der Waals surface area contributed by atoms with Crippen LogP contribution in [0.2, 0.25) is 10.0 Å². The van der Waals surface area contributed by atoms with E-state index in [9.17, 15) is 0 Å². The van der Waals surface area contributed by atoms with Crippen LogP contribution in [-0.2, 0) is 12.0 Å². The molecule has 2 aromatic rings. The Morgan fingerprint density at radius 3 is 2.37 bits per heavy atom. The minimum Gasteiger partial charge on any atom is -0.265 e. The molecule has 1 aromatic carbocycles. The topological polar surface area (TPSA) is 17.8 Å². The van der Waals surface area contributed by atoms with Crippen molar-refractivity contribution in [2.45, 2.75) is 39.7 Å². The van der Waals surface area contributed by atoms with E-state index in [1.165, 1.54) is 0 Å². The fraction of sp³-hybridized carbons (Fsp3) is 0.400. The maximum Gasteiger partial charge on any atom is 0.0680 e. The second-order valence-corrected chi connectivity index (χ2v) is 6.66. The van der Waals surface area contributed by atoms with E-state index in [1.807, 2.05) is 16.8 Å². The Morgan fingerprint density at radius 2 is 1.84 bits per heavy atom. The van der Waals surface area contributed by atoms with Gasteiger partial charge in [0.05, 0.1) is 12.2 Å². The molecule has 0 aliphatic rings. The number of rotatable bonds is 2. The highest BCUT2D eigenvalue weighted by Crippen LogP contribution is 2.24. The van der Waals surface area contributed by atoms with Crippen LogP contribution in [0.3, 0.4) is 0 Å². The minimum atomic E-state index is 0.0554. The zero-order chi connectivity index (χ0) is 14.2. The Labute approximate surface area is 124 Å². The molecule has 0 N–H and O–H groups in total. The van der Waals surface area contributed by atoms with E-state index in [4.69, 9.17) is 23.2 Å². The average Bonchev–Trinajstić information content (AvgIpc) is 2.64. The van der Waals surface area contributed by atoms with Crippen LogP contribution < -0.4 is 0 Å². The zero-order valence-corrected chi connectivity index (χ0v) is 13.2. The Hall–Kier alpha value is -0.990. The summed E-state index contributed by atoms with van der Waals surface area (Å²) in [5.74, 6) is 0. The third kappa shape index (κ3) is 3.31. The van der Waals surface area contributed by atoms with Crippen LogP contribution in [0.25, 0.3) is 0 Å². The normalized spacial score (nSPS) is 11.9. The van der Waals surface area contributed by atoms with Gasteiger partial charge in [-0.25, -0.2) is 0 Å². The molecule has 0 saturated carbocycles. The molecule has 4 heteroatoms. The van der Waals surface area contributed by atoms with E-state index >= 15 is 0 Å². The molecule has 0 atom stereocenters. The van der Waals surface area contributed by atoms with Gasteiger partial charge in [-0.2, -0.15) is 5.10 Å². The smallest absolute Gasteiger partial charge is 0.0680 e. The standard InChI is InChI=1S/C15H18Cl2N2/c1-10-7-14(15(2,3)4)18-19(10)9-11-5-6-12(16)8-13(11)17/h5-8H,9H2,1-4H3. The number of hydrogen-bond donors (Lipinski definition) is 0. The van der Waals surface area contributed by atoms with E-state index in [0.717, 1.165) is 17.0 Å². The number of aromatic nitrogens is 2. The van der Waals surface area contributed by atoms with Gasteiger partial charge in [0, 0.05) is 21.2 Å². The van der Waals surface area contributed by atoms with E-state index in [-0.39, 0.29) is 5.41 Å². The molecule has 0 amide bonds. The van der Waals surface area contributed by atoms with Gasteiger partial charge in [0.15, 0.2) is 0 Å². The molecular formula is C15H18Cl2N2. The van der Waals surface area contributed by atoms with Gasteiger partial charge in [-0.15, -0.1) is 0 Å². The van der Waals surface area contributed by atoms with Crippen LogP contribution >= 0.6 is 23.2 Å². The predicted octanol–water partition coefficient (Wildman–Crippen LogP) is 4.84. The van der Waals surface area contributed by atoms with Crippen molar-refractivity contribution in [3.8, 4) is 0 Å². The lowest BCUT2D eigenvalue weighted by Gasteiger charge is -2.14. The van der Waals surface area contributed by atoms with Crippen molar-refractivity contribution in [1.82, 2.24) is 9.78 Å². The minimum absolute atomic E-state index is 0.0554. The predicted molar refractivity (Wildman–Crippen MR) is 81.2 cm³/mol. The first-order valence-electron chi connectivity index (χ1n) is 6.26. The Kier molecular flexibility index (Phi) is 3.93. The molecule has 0 saturated heterocycles. The quantitative estimate of drug-likeness (QED) is 0.775. The summed E-state index contributed by atoms with van der Waals surface area (Å²) in [7, 11) is 0. The van der Waals surface area contributed by atoms with Crippen molar-refractivity contribution in [3.05, 3.63) is 51.3 Å². The molecule has 0 radical (unpaired) electrons. The first kappa shape index (κ1) is 14.4. The number of benzene rings is 1. The summed E-state index contributed by atoms with van der Waals surface area (Å²) in [4.78, 5) is 0. The summed E-state index contributed by atoms with van der Waals surface area (Å²) in [5.41, 5.74) is 3.31. The van der Waals surface area contributed by atoms with Crippen LogP contribution in [0.15, 0.2) is 24.3 Å². The Morgan fingerprint density at radius 1 is 1.16 bits per heavy atom. The largest absolute Gasteiger partial charge is 0.265 e. The molecule has 2 rings (SSSR count). The van der Waals surface area contributed by atoms with Crippen molar-refractivity contribution < 1.29 is 0 Å². The van der Waals surface area contributed by atoms with Gasteiger partial charge in [-0.1, -0.05) is 50.0 Å². The van der Waals surface area contributed by atoms with E-state index < -0.39 is 0 Å². The van der Waals surface area contributed by atoms with Crippen molar-refractivity contribution in [2.75, 3.05) is 0 Å². The van der Waals surface area contributed by atoms with Crippen LogP contribution in [0, 0.1) is 6.92 Å². The molecule has 19 heavy (non-hydrogen) atoms. The second-order valence-electron chi connectivity index (χ2n) is 5.81. The van der Waals surface area contributed by atoms with Crippen LogP contribution in [0.1, 0.15) is 37.7 Å². The zero-order valence-electron chi connectivity index (χ0n) is 11.7. The molecule has 0 aliphatic carbocycles. The van der Waals surface area contributed by atoms with Crippen molar-refractivity contribution >= 4 is 23.2 Å². The van der Waals surface area contributed by atoms with Gasteiger partial charge < -0.3 is 0 Å². The molecule has 0 fully saturated rings. The van der Waals surface area contributed by atoms with Gasteiger partial charge in [-0.3, -0.25) is 4.68 Å². The fourth-order valence-corrected chi connectivity index (χ4v) is 2.32. The fourth-order valence-electron chi connectivity index (χ4n) is 1.85. The Bertz CT molecular complexity index is 595. The molecule has 0 bridgehead atoms. The number of hydrogen-bond acceptors (Lipinski definition) is 1. The van der Waals surface area contributed by atoms with E-state index in [2.05, 4.69) is 38.9 Å². The Balaban J connectivity index is 2.31. The summed E-state index contributed by atoms with van der Waals surface area (Å²) in [5, 5.41) is 6.00. The lowest BCUT2D eigenvalue weighted by molar-refractivity contribution is 0.543. The van der Waals surface area contributed by atoms with Gasteiger partial charge in [0.25, 0.3) is 0 Å². The molecule has 1 heterocycles. The van der Waals surface area contributed by atoms with Gasteiger partial charge >= 0.3 is 0 Å². The summed E-state index contributed by atoms with van der Waals surface area (Å²) in [6, 6.07) is 7.70. The highest BCUT2D eigenvalue weighted by Gasteiger charge is 2.18. The molecule has 1 aromatic heterocycles. The third-order valence-corrected chi connectivity index (χ3v) is 3.67. The van der Waals surface area contributed by atoms with Crippen molar-refractivity contribution in [1.29, 1.82) is 0 Å². The highest BCUT2D eigenvalue weighted by molar-refractivity contribution is 6.35. The molecule has 2 nitrogen and oxygen atoms in total. The molecule has 0 spiro atoms. The lowest BCUT2D eigenvalue weighted by Crippen LogP contribution is -2.13. The van der Waals surface area contributed by atoms with Crippen molar-refractivity contribution in [2.24, 2.45) is 0 Å². The van der Waals surface area contributed by atoms with E-state index in [1.54, 1.807) is 6.07 Å². The number of nitrogens with zero attached hydrogens (tertiary/aromatic N) is 2. The number of halogens is 2. The van der Waals surface area contributed by atoms with Crippen molar-refractivity contribution in [3.63, 3.8) is 0 Å². The second kappa shape index (κ2) is 5.18. The molecule has 0 aliphatic heterocycles. The number of aryl methyl sites for hydroxylation is 1. The van der Waals surface area contributed by atoms with E-state index in [0.29, 0.717) is 16.6 Å². The molecular weight excluding hydrogens is 279 g/mol. The molecule has 102 valence electrons. The summed E-state index contributed by atoms with van der Waals surface area (Å²) in [6.07, 6.45) is 0. The lowest BCUT2D eigenvalue weighted by atomic mass is 9.92. The maximum absolute atomic E-state index is 6.20. The molecule has 0 unspecified atom stereocenters. The monoisotopic (exact) mass is 296 g/mol. The highest BCUT2D eigenvalue weighted by atomic mass is 35.5. The average molecular weight is 297 g/mol. The van der Waals surface area contributed by atoms with Gasteiger partial charge in [0.1, 0.15) is 0 Å². The van der Waals surface area contributed by atoms with Gasteiger partial charge in [-0.05, 0) is 30.7 Å². The third-order valence-electron chi connectivity index (χ3n) is 3.08. The SMILES string of the molecule is Cc1cc(C(C)(C)C)nn1Cc1ccc(Cl)cc1Cl. The first-order chi connectivity index (χ1) is 8.77. The summed E-state index contributed by atoms with van der Waals surface area (Å²) >= 11 is 12.1. The summed E-state index contributed by atoms with van der Waals surface area (Å²) in [6.45, 7) is 9.21. The van der Waals surface area contributed by atoms with Crippen LogP contribution in [0.4, 0.5) is 0 Å². The first-order valence-corrected chi connectivity index (χ1v) is 7.02. The van der Waals surface area contributed by atoms with Crippen LogP contribution in [-0.4, -0.2) is 9.78 Å². The van der Waals surface area contributed by atoms with Crippen LogP contribution in [0.5, 0.6) is 0 Å². The van der Waals surface area contributed by atoms with Gasteiger partial charge in [0.2, 0.25) is 0 Å².